The molecule has 1 saturated heterocycles. The first-order chi connectivity index (χ1) is 14.7. The SMILES string of the molecule is COc1cc(NC(=O)CN2C(=O)NC(C)(c3cccc([N+](=O)[O-])c3)C2=O)cc(OC)c1. The summed E-state index contributed by atoms with van der Waals surface area (Å²) in [6.07, 6.45) is 0. The van der Waals surface area contributed by atoms with Crippen molar-refractivity contribution in [1.82, 2.24) is 10.2 Å². The summed E-state index contributed by atoms with van der Waals surface area (Å²) in [6.45, 7) is 0.881. The molecule has 2 aromatic rings. The van der Waals surface area contributed by atoms with E-state index >= 15 is 0 Å². The molecule has 1 unspecified atom stereocenters. The van der Waals surface area contributed by atoms with Gasteiger partial charge in [-0.3, -0.25) is 24.6 Å². The van der Waals surface area contributed by atoms with E-state index in [1.54, 1.807) is 18.2 Å². The van der Waals surface area contributed by atoms with Crippen LogP contribution in [0, 0.1) is 10.1 Å². The van der Waals surface area contributed by atoms with Crippen molar-refractivity contribution in [2.24, 2.45) is 0 Å². The molecule has 0 aromatic heterocycles. The molecule has 0 aliphatic carbocycles. The molecular formula is C20H20N4O7. The van der Waals surface area contributed by atoms with Crippen molar-refractivity contribution in [3.05, 3.63) is 58.1 Å². The Kier molecular flexibility index (Phi) is 5.77. The predicted molar refractivity (Wildman–Crippen MR) is 109 cm³/mol. The summed E-state index contributed by atoms with van der Waals surface area (Å²) in [7, 11) is 2.92. The normalized spacial score (nSPS) is 17.8. The summed E-state index contributed by atoms with van der Waals surface area (Å²) in [4.78, 5) is 49.1. The highest BCUT2D eigenvalue weighted by molar-refractivity contribution is 6.10. The van der Waals surface area contributed by atoms with Crippen molar-refractivity contribution in [3.63, 3.8) is 0 Å². The van der Waals surface area contributed by atoms with Crippen molar-refractivity contribution in [2.45, 2.75) is 12.5 Å². The number of rotatable bonds is 7. The fourth-order valence-corrected chi connectivity index (χ4v) is 3.19. The zero-order chi connectivity index (χ0) is 22.8. The molecule has 162 valence electrons. The first-order valence-corrected chi connectivity index (χ1v) is 9.10. The number of benzene rings is 2. The second-order valence-corrected chi connectivity index (χ2v) is 6.90. The molecule has 1 fully saturated rings. The molecule has 1 aliphatic heterocycles. The van der Waals surface area contributed by atoms with Crippen LogP contribution in [0.15, 0.2) is 42.5 Å². The average molecular weight is 428 g/mol. The number of non-ortho nitro benzene ring substituents is 1. The smallest absolute Gasteiger partial charge is 0.325 e. The van der Waals surface area contributed by atoms with E-state index in [2.05, 4.69) is 10.6 Å². The van der Waals surface area contributed by atoms with Crippen LogP contribution in [-0.4, -0.2) is 48.4 Å². The molecule has 11 nitrogen and oxygen atoms in total. The number of nitrogens with one attached hydrogen (secondary N) is 2. The maximum atomic E-state index is 13.0. The minimum absolute atomic E-state index is 0.219. The first kappa shape index (κ1) is 21.6. The number of ether oxygens (including phenoxy) is 2. The van der Waals surface area contributed by atoms with Crippen LogP contribution in [0.25, 0.3) is 0 Å². The Bertz CT molecular complexity index is 1050. The summed E-state index contributed by atoms with van der Waals surface area (Å²) in [6, 6.07) is 9.36. The quantitative estimate of drug-likeness (QED) is 0.390. The number of anilines is 1. The van der Waals surface area contributed by atoms with Gasteiger partial charge < -0.3 is 20.1 Å². The van der Waals surface area contributed by atoms with Gasteiger partial charge >= 0.3 is 6.03 Å². The van der Waals surface area contributed by atoms with E-state index in [9.17, 15) is 24.5 Å². The van der Waals surface area contributed by atoms with E-state index in [0.717, 1.165) is 4.90 Å². The number of carbonyl (C=O) groups is 3. The van der Waals surface area contributed by atoms with Crippen LogP contribution in [0.5, 0.6) is 11.5 Å². The predicted octanol–water partition coefficient (Wildman–Crippen LogP) is 2.02. The molecule has 0 saturated carbocycles. The van der Waals surface area contributed by atoms with Gasteiger partial charge in [0.1, 0.15) is 23.6 Å². The molecule has 1 aliphatic rings. The summed E-state index contributed by atoms with van der Waals surface area (Å²) < 4.78 is 10.3. The molecular weight excluding hydrogens is 408 g/mol. The van der Waals surface area contributed by atoms with E-state index in [0.29, 0.717) is 17.2 Å². The molecule has 11 heteroatoms. The highest BCUT2D eigenvalue weighted by atomic mass is 16.6. The van der Waals surface area contributed by atoms with E-state index in [-0.39, 0.29) is 11.3 Å². The fourth-order valence-electron chi connectivity index (χ4n) is 3.19. The third-order valence-corrected chi connectivity index (χ3v) is 4.85. The molecule has 0 spiro atoms. The molecule has 0 bridgehead atoms. The van der Waals surface area contributed by atoms with Crippen LogP contribution in [0.4, 0.5) is 16.2 Å². The van der Waals surface area contributed by atoms with Crippen LogP contribution in [-0.2, 0) is 15.1 Å². The van der Waals surface area contributed by atoms with Crippen molar-refractivity contribution < 1.29 is 28.8 Å². The zero-order valence-corrected chi connectivity index (χ0v) is 17.0. The number of carbonyl (C=O) groups excluding carboxylic acids is 3. The lowest BCUT2D eigenvalue weighted by Crippen LogP contribution is -2.42. The third kappa shape index (κ3) is 4.25. The maximum absolute atomic E-state index is 13.0. The molecule has 2 N–H and O–H groups in total. The van der Waals surface area contributed by atoms with E-state index in [4.69, 9.17) is 9.47 Å². The summed E-state index contributed by atoms with van der Waals surface area (Å²) in [5, 5.41) is 16.1. The van der Waals surface area contributed by atoms with Crippen LogP contribution in [0.3, 0.4) is 0 Å². The van der Waals surface area contributed by atoms with Gasteiger partial charge in [0.05, 0.1) is 19.1 Å². The number of nitro groups is 1. The first-order valence-electron chi connectivity index (χ1n) is 9.10. The van der Waals surface area contributed by atoms with Crippen molar-refractivity contribution >= 4 is 29.2 Å². The maximum Gasteiger partial charge on any atom is 0.325 e. The number of imide groups is 1. The molecule has 2 aromatic carbocycles. The van der Waals surface area contributed by atoms with Gasteiger partial charge in [-0.05, 0) is 12.5 Å². The zero-order valence-electron chi connectivity index (χ0n) is 17.0. The Hall–Kier alpha value is -4.15. The molecule has 0 radical (unpaired) electrons. The summed E-state index contributed by atoms with van der Waals surface area (Å²) >= 11 is 0. The Morgan fingerprint density at radius 2 is 1.81 bits per heavy atom. The minimum Gasteiger partial charge on any atom is -0.497 e. The van der Waals surface area contributed by atoms with E-state index < -0.39 is 34.9 Å². The van der Waals surface area contributed by atoms with Gasteiger partial charge in [-0.15, -0.1) is 0 Å². The van der Waals surface area contributed by atoms with E-state index in [1.807, 2.05) is 0 Å². The number of nitro benzene ring substituents is 1. The second-order valence-electron chi connectivity index (χ2n) is 6.90. The lowest BCUT2D eigenvalue weighted by Gasteiger charge is -2.22. The number of amides is 4. The fraction of sp³-hybridized carbons (Fsp3) is 0.250. The Morgan fingerprint density at radius 1 is 1.16 bits per heavy atom. The molecule has 3 rings (SSSR count). The minimum atomic E-state index is -1.54. The van der Waals surface area contributed by atoms with Gasteiger partial charge in [-0.2, -0.15) is 0 Å². The van der Waals surface area contributed by atoms with Crippen molar-refractivity contribution in [1.29, 1.82) is 0 Å². The third-order valence-electron chi connectivity index (χ3n) is 4.85. The van der Waals surface area contributed by atoms with Gasteiger partial charge in [0.2, 0.25) is 5.91 Å². The highest BCUT2D eigenvalue weighted by Crippen LogP contribution is 2.31. The standard InChI is InChI=1S/C20H20N4O7/c1-20(12-5-4-6-14(7-12)24(28)29)18(26)23(19(27)22-20)11-17(25)21-13-8-15(30-2)10-16(9-13)31-3/h4-10H,11H2,1-3H3,(H,21,25)(H,22,27). The lowest BCUT2D eigenvalue weighted by molar-refractivity contribution is -0.385. The number of urea groups is 1. The monoisotopic (exact) mass is 428 g/mol. The van der Waals surface area contributed by atoms with Crippen LogP contribution >= 0.6 is 0 Å². The van der Waals surface area contributed by atoms with Gasteiger partial charge in [-0.1, -0.05) is 12.1 Å². The van der Waals surface area contributed by atoms with E-state index in [1.165, 1.54) is 45.4 Å². The largest absolute Gasteiger partial charge is 0.497 e. The highest BCUT2D eigenvalue weighted by Gasteiger charge is 2.49. The van der Waals surface area contributed by atoms with Crippen LogP contribution in [0.1, 0.15) is 12.5 Å². The molecule has 1 atom stereocenters. The second kappa shape index (κ2) is 8.30. The molecule has 1 heterocycles. The summed E-state index contributed by atoms with van der Waals surface area (Å²) in [5.41, 5.74) is -1.16. The Morgan fingerprint density at radius 3 is 2.39 bits per heavy atom. The van der Waals surface area contributed by atoms with Gasteiger partial charge in [0.25, 0.3) is 11.6 Å². The lowest BCUT2D eigenvalue weighted by atomic mass is 9.91. The number of hydrogen-bond donors (Lipinski definition) is 2. The van der Waals surface area contributed by atoms with Crippen LogP contribution in [0.2, 0.25) is 0 Å². The Balaban J connectivity index is 1.78. The van der Waals surface area contributed by atoms with Crippen molar-refractivity contribution in [3.8, 4) is 11.5 Å². The number of hydrogen-bond acceptors (Lipinski definition) is 7. The van der Waals surface area contributed by atoms with Crippen LogP contribution < -0.4 is 20.1 Å². The molecule has 4 amide bonds. The molecule has 31 heavy (non-hydrogen) atoms. The Labute approximate surface area is 177 Å². The number of nitrogens with zero attached hydrogens (tertiary/aromatic N) is 2. The number of methoxy groups -OCH3 is 2. The topological polar surface area (TPSA) is 140 Å². The van der Waals surface area contributed by atoms with Gasteiger partial charge in [-0.25, -0.2) is 4.79 Å². The van der Waals surface area contributed by atoms with Gasteiger partial charge in [0.15, 0.2) is 0 Å². The average Bonchev–Trinajstić information content (AvgIpc) is 2.97. The van der Waals surface area contributed by atoms with Crippen molar-refractivity contribution in [2.75, 3.05) is 26.1 Å². The van der Waals surface area contributed by atoms with Gasteiger partial charge in [0, 0.05) is 36.0 Å². The summed E-state index contributed by atoms with van der Waals surface area (Å²) in [5.74, 6) is -0.427.